The topological polar surface area (TPSA) is 54.9 Å². The quantitative estimate of drug-likeness (QED) is 0.455. The second-order valence-corrected chi connectivity index (χ2v) is 7.95. The number of nitrogens with zero attached hydrogens (tertiary/aromatic N) is 2. The van der Waals surface area contributed by atoms with Crippen molar-refractivity contribution < 1.29 is 9.18 Å². The lowest BCUT2D eigenvalue weighted by Gasteiger charge is -2.10. The van der Waals surface area contributed by atoms with Crippen molar-refractivity contribution in [3.8, 4) is 11.3 Å². The van der Waals surface area contributed by atoms with Crippen LogP contribution in [0.2, 0.25) is 0 Å². The van der Waals surface area contributed by atoms with Crippen LogP contribution < -0.4 is 5.32 Å². The van der Waals surface area contributed by atoms with Crippen molar-refractivity contribution in [2.45, 2.75) is 19.8 Å². The van der Waals surface area contributed by atoms with Gasteiger partial charge in [-0.15, -0.1) is 11.3 Å². The molecule has 0 unspecified atom stereocenters. The van der Waals surface area contributed by atoms with Gasteiger partial charge in [-0.1, -0.05) is 24.3 Å². The molecule has 0 atom stereocenters. The van der Waals surface area contributed by atoms with E-state index in [1.807, 2.05) is 42.6 Å². The van der Waals surface area contributed by atoms with E-state index in [1.165, 1.54) is 6.07 Å². The number of benzene rings is 2. The summed E-state index contributed by atoms with van der Waals surface area (Å²) in [5.41, 5.74) is 5.20. The average molecular weight is 418 g/mol. The summed E-state index contributed by atoms with van der Waals surface area (Å²) >= 11 is 1.60. The lowest BCUT2D eigenvalue weighted by Crippen LogP contribution is -2.15. The summed E-state index contributed by atoms with van der Waals surface area (Å²) in [5, 5.41) is 5.89. The Labute approximate surface area is 178 Å². The molecule has 0 fully saturated rings. The summed E-state index contributed by atoms with van der Waals surface area (Å²) in [5.74, 6) is -0.617. The highest BCUT2D eigenvalue weighted by molar-refractivity contribution is 7.10. The van der Waals surface area contributed by atoms with Crippen LogP contribution >= 0.6 is 11.3 Å². The molecule has 0 radical (unpaired) electrons. The van der Waals surface area contributed by atoms with Crippen molar-refractivity contribution in [3.63, 3.8) is 0 Å². The van der Waals surface area contributed by atoms with Gasteiger partial charge in [-0.05, 0) is 53.9 Å². The van der Waals surface area contributed by atoms with Gasteiger partial charge in [-0.25, -0.2) is 9.37 Å². The number of halogens is 1. The standard InChI is InChI=1S/C24H20FN3OS/c1-16-8-9-20(27-23(29)12-17-5-2-3-7-21(17)25)11-19(16)13-24-28-22(15-30-24)18-6-4-10-26-14-18/h2-11,14-15H,12-13H2,1H3,(H,27,29). The summed E-state index contributed by atoms with van der Waals surface area (Å²) in [7, 11) is 0. The molecule has 0 aliphatic rings. The summed E-state index contributed by atoms with van der Waals surface area (Å²) in [6.45, 7) is 2.04. The van der Waals surface area contributed by atoms with Crippen LogP contribution in [0.3, 0.4) is 0 Å². The third-order valence-electron chi connectivity index (χ3n) is 4.79. The molecule has 2 aromatic heterocycles. The molecular formula is C24H20FN3OS. The minimum atomic E-state index is -0.370. The van der Waals surface area contributed by atoms with Crippen LogP contribution in [0.5, 0.6) is 0 Å². The van der Waals surface area contributed by atoms with Gasteiger partial charge < -0.3 is 5.32 Å². The lowest BCUT2D eigenvalue weighted by molar-refractivity contribution is -0.115. The highest BCUT2D eigenvalue weighted by Crippen LogP contribution is 2.25. The smallest absolute Gasteiger partial charge is 0.228 e. The fourth-order valence-corrected chi connectivity index (χ4v) is 3.99. The first kappa shape index (κ1) is 19.9. The highest BCUT2D eigenvalue weighted by Gasteiger charge is 2.11. The Morgan fingerprint density at radius 2 is 1.97 bits per heavy atom. The van der Waals surface area contributed by atoms with Crippen LogP contribution in [-0.2, 0) is 17.6 Å². The number of carbonyl (C=O) groups is 1. The Morgan fingerprint density at radius 1 is 1.10 bits per heavy atom. The summed E-state index contributed by atoms with van der Waals surface area (Å²) in [6, 6.07) is 16.0. The molecule has 6 heteroatoms. The fourth-order valence-electron chi connectivity index (χ4n) is 3.16. The molecule has 0 aliphatic heterocycles. The molecule has 0 spiro atoms. The Kier molecular flexibility index (Phi) is 5.95. The number of anilines is 1. The average Bonchev–Trinajstić information content (AvgIpc) is 3.21. The third-order valence-corrected chi connectivity index (χ3v) is 5.64. The Hall–Kier alpha value is -3.38. The van der Waals surface area contributed by atoms with Crippen molar-refractivity contribution >= 4 is 22.9 Å². The minimum Gasteiger partial charge on any atom is -0.326 e. The van der Waals surface area contributed by atoms with Gasteiger partial charge in [0.2, 0.25) is 5.91 Å². The number of hydrogen-bond acceptors (Lipinski definition) is 4. The Morgan fingerprint density at radius 3 is 2.77 bits per heavy atom. The Bertz CT molecular complexity index is 1170. The zero-order valence-electron chi connectivity index (χ0n) is 16.4. The van der Waals surface area contributed by atoms with Crippen LogP contribution in [0.15, 0.2) is 72.4 Å². The van der Waals surface area contributed by atoms with Crippen molar-refractivity contribution in [2.75, 3.05) is 5.32 Å². The van der Waals surface area contributed by atoms with E-state index >= 15 is 0 Å². The van der Waals surface area contributed by atoms with E-state index in [0.717, 1.165) is 27.4 Å². The van der Waals surface area contributed by atoms with E-state index in [0.29, 0.717) is 17.7 Å². The molecule has 1 N–H and O–H groups in total. The van der Waals surface area contributed by atoms with E-state index in [-0.39, 0.29) is 18.1 Å². The Balaban J connectivity index is 1.46. The van der Waals surface area contributed by atoms with Crippen LogP contribution in [0.25, 0.3) is 11.3 Å². The number of nitrogens with one attached hydrogen (secondary N) is 1. The molecule has 0 saturated heterocycles. The zero-order valence-corrected chi connectivity index (χ0v) is 17.2. The summed E-state index contributed by atoms with van der Waals surface area (Å²) in [6.07, 6.45) is 4.21. The summed E-state index contributed by atoms with van der Waals surface area (Å²) in [4.78, 5) is 21.2. The normalized spacial score (nSPS) is 10.7. The number of pyridine rings is 1. The third kappa shape index (κ3) is 4.78. The van der Waals surface area contributed by atoms with Gasteiger partial charge in [0.25, 0.3) is 0 Å². The maximum absolute atomic E-state index is 13.8. The maximum atomic E-state index is 13.8. The van der Waals surface area contributed by atoms with Gasteiger partial charge in [0, 0.05) is 35.4 Å². The van der Waals surface area contributed by atoms with Crippen LogP contribution in [0.4, 0.5) is 10.1 Å². The predicted octanol–water partition coefficient (Wildman–Crippen LogP) is 5.42. The number of thiazole rings is 1. The van der Waals surface area contributed by atoms with Gasteiger partial charge >= 0.3 is 0 Å². The molecular weight excluding hydrogens is 397 g/mol. The molecule has 2 aromatic carbocycles. The first-order valence-electron chi connectivity index (χ1n) is 9.56. The van der Waals surface area contributed by atoms with E-state index in [4.69, 9.17) is 4.98 Å². The molecule has 30 heavy (non-hydrogen) atoms. The van der Waals surface area contributed by atoms with Crippen molar-refractivity contribution in [1.82, 2.24) is 9.97 Å². The van der Waals surface area contributed by atoms with E-state index in [1.54, 1.807) is 41.9 Å². The molecule has 4 rings (SSSR count). The van der Waals surface area contributed by atoms with E-state index in [9.17, 15) is 9.18 Å². The molecule has 150 valence electrons. The number of hydrogen-bond donors (Lipinski definition) is 1. The van der Waals surface area contributed by atoms with Crippen molar-refractivity contribution in [1.29, 1.82) is 0 Å². The monoisotopic (exact) mass is 417 g/mol. The second-order valence-electron chi connectivity index (χ2n) is 7.00. The number of rotatable bonds is 6. The lowest BCUT2D eigenvalue weighted by atomic mass is 10.0. The molecule has 1 amide bonds. The molecule has 0 aliphatic carbocycles. The van der Waals surface area contributed by atoms with E-state index in [2.05, 4.69) is 10.3 Å². The largest absolute Gasteiger partial charge is 0.326 e. The molecule has 4 aromatic rings. The van der Waals surface area contributed by atoms with Crippen LogP contribution in [0.1, 0.15) is 21.7 Å². The van der Waals surface area contributed by atoms with Gasteiger partial charge in [-0.2, -0.15) is 0 Å². The van der Waals surface area contributed by atoms with Gasteiger partial charge in [0.05, 0.1) is 17.1 Å². The van der Waals surface area contributed by atoms with Gasteiger partial charge in [0.15, 0.2) is 0 Å². The second kappa shape index (κ2) is 8.97. The molecule has 4 nitrogen and oxygen atoms in total. The number of amides is 1. The number of aromatic nitrogens is 2. The first-order chi connectivity index (χ1) is 14.6. The number of aryl methyl sites for hydroxylation is 1. The fraction of sp³-hybridized carbons (Fsp3) is 0.125. The predicted molar refractivity (Wildman–Crippen MR) is 118 cm³/mol. The zero-order chi connectivity index (χ0) is 20.9. The van der Waals surface area contributed by atoms with Gasteiger partial charge in [-0.3, -0.25) is 9.78 Å². The van der Waals surface area contributed by atoms with Crippen molar-refractivity contribution in [2.24, 2.45) is 0 Å². The maximum Gasteiger partial charge on any atom is 0.228 e. The SMILES string of the molecule is Cc1ccc(NC(=O)Cc2ccccc2F)cc1Cc1nc(-c2cccnc2)cs1. The molecule has 0 saturated carbocycles. The first-order valence-corrected chi connectivity index (χ1v) is 10.4. The number of carbonyl (C=O) groups excluding carboxylic acids is 1. The highest BCUT2D eigenvalue weighted by atomic mass is 32.1. The summed E-state index contributed by atoms with van der Waals surface area (Å²) < 4.78 is 13.8. The van der Waals surface area contributed by atoms with Crippen LogP contribution in [-0.4, -0.2) is 15.9 Å². The van der Waals surface area contributed by atoms with Crippen LogP contribution in [0, 0.1) is 12.7 Å². The molecule has 0 bridgehead atoms. The van der Waals surface area contributed by atoms with Crippen molar-refractivity contribution in [3.05, 3.63) is 99.9 Å². The molecule has 2 heterocycles. The van der Waals surface area contributed by atoms with Gasteiger partial charge in [0.1, 0.15) is 5.82 Å². The van der Waals surface area contributed by atoms with E-state index < -0.39 is 0 Å². The minimum absolute atomic E-state index is 0.00314.